The zero-order chi connectivity index (χ0) is 16.8. The minimum Gasteiger partial charge on any atom is -0.494 e. The second-order valence-corrected chi connectivity index (χ2v) is 6.23. The molecule has 0 spiro atoms. The molecule has 0 aromatic heterocycles. The van der Waals surface area contributed by atoms with Crippen molar-refractivity contribution in [2.45, 2.75) is 26.7 Å². The lowest BCUT2D eigenvalue weighted by Crippen LogP contribution is -2.13. The molecule has 23 heavy (non-hydrogen) atoms. The Bertz CT molecular complexity index is 661. The summed E-state index contributed by atoms with van der Waals surface area (Å²) in [7, 11) is 0. The molecule has 0 unspecified atom stereocenters. The Balaban J connectivity index is 2.06. The van der Waals surface area contributed by atoms with E-state index in [0.29, 0.717) is 17.9 Å². The Morgan fingerprint density at radius 3 is 2.57 bits per heavy atom. The molecular formula is C18H21BrN2O2. The van der Waals surface area contributed by atoms with Gasteiger partial charge in [0.2, 0.25) is 0 Å². The van der Waals surface area contributed by atoms with Crippen LogP contribution >= 0.6 is 15.9 Å². The third-order valence-corrected chi connectivity index (χ3v) is 4.06. The van der Waals surface area contributed by atoms with Crippen LogP contribution in [0, 0.1) is 6.92 Å². The van der Waals surface area contributed by atoms with E-state index in [2.05, 4.69) is 28.2 Å². The molecule has 5 heteroatoms. The topological polar surface area (TPSA) is 64.3 Å². The molecule has 0 radical (unpaired) electrons. The number of rotatable bonds is 6. The van der Waals surface area contributed by atoms with Gasteiger partial charge in [-0.1, -0.05) is 13.3 Å². The summed E-state index contributed by atoms with van der Waals surface area (Å²) < 4.78 is 6.36. The van der Waals surface area contributed by atoms with E-state index in [0.717, 1.165) is 34.3 Å². The number of benzene rings is 2. The number of nitrogens with two attached hydrogens (primary N) is 1. The van der Waals surface area contributed by atoms with Crippen LogP contribution in [0.3, 0.4) is 0 Å². The minimum absolute atomic E-state index is 0.168. The predicted octanol–water partition coefficient (Wildman–Crippen LogP) is 4.77. The van der Waals surface area contributed by atoms with Gasteiger partial charge in [0.1, 0.15) is 5.75 Å². The maximum Gasteiger partial charge on any atom is 0.255 e. The van der Waals surface area contributed by atoms with Crippen molar-refractivity contribution in [3.05, 3.63) is 52.0 Å². The van der Waals surface area contributed by atoms with Crippen LogP contribution in [0.25, 0.3) is 0 Å². The second-order valence-electron chi connectivity index (χ2n) is 5.38. The number of hydrogen-bond acceptors (Lipinski definition) is 3. The van der Waals surface area contributed by atoms with E-state index in [1.165, 1.54) is 0 Å². The molecule has 0 saturated carbocycles. The molecule has 2 rings (SSSR count). The van der Waals surface area contributed by atoms with Crippen molar-refractivity contribution in [3.63, 3.8) is 0 Å². The molecule has 4 nitrogen and oxygen atoms in total. The molecule has 1 amide bonds. The fourth-order valence-corrected chi connectivity index (χ4v) is 2.83. The van der Waals surface area contributed by atoms with Crippen molar-refractivity contribution in [2.75, 3.05) is 17.7 Å². The summed E-state index contributed by atoms with van der Waals surface area (Å²) in [5.74, 6) is 0.610. The summed E-state index contributed by atoms with van der Waals surface area (Å²) in [4.78, 5) is 12.4. The van der Waals surface area contributed by atoms with E-state index in [4.69, 9.17) is 10.5 Å². The van der Waals surface area contributed by atoms with Gasteiger partial charge in [-0.05, 0) is 71.2 Å². The highest BCUT2D eigenvalue weighted by Crippen LogP contribution is 2.29. The fraction of sp³-hybridized carbons (Fsp3) is 0.278. The summed E-state index contributed by atoms with van der Waals surface area (Å²) in [5.41, 5.74) is 8.65. The van der Waals surface area contributed by atoms with E-state index in [9.17, 15) is 4.79 Å². The molecule has 122 valence electrons. The van der Waals surface area contributed by atoms with Gasteiger partial charge < -0.3 is 15.8 Å². The largest absolute Gasteiger partial charge is 0.494 e. The van der Waals surface area contributed by atoms with Gasteiger partial charge in [0.25, 0.3) is 5.91 Å². The van der Waals surface area contributed by atoms with Crippen LogP contribution in [0.4, 0.5) is 11.4 Å². The lowest BCUT2D eigenvalue weighted by atomic mass is 10.1. The molecule has 0 fully saturated rings. The summed E-state index contributed by atoms with van der Waals surface area (Å²) in [6, 6.07) is 10.7. The SMILES string of the molecule is CCCCOc1ccc(C(=O)Nc2c(C)cc(N)cc2Br)cc1. The Morgan fingerprint density at radius 2 is 1.96 bits per heavy atom. The first-order valence-corrected chi connectivity index (χ1v) is 8.40. The van der Waals surface area contributed by atoms with Crippen molar-refractivity contribution >= 4 is 33.2 Å². The van der Waals surface area contributed by atoms with Crippen LogP contribution in [-0.2, 0) is 0 Å². The standard InChI is InChI=1S/C18H21BrN2O2/c1-3-4-9-23-15-7-5-13(6-8-15)18(22)21-17-12(2)10-14(20)11-16(17)19/h5-8,10-11H,3-4,9,20H2,1-2H3,(H,21,22). The molecule has 2 aromatic carbocycles. The first kappa shape index (κ1) is 17.3. The van der Waals surface area contributed by atoms with Crippen LogP contribution in [0.5, 0.6) is 5.75 Å². The zero-order valence-corrected chi connectivity index (χ0v) is 14.9. The van der Waals surface area contributed by atoms with Crippen molar-refractivity contribution in [3.8, 4) is 5.75 Å². The average Bonchev–Trinajstić information content (AvgIpc) is 2.51. The number of unbranched alkanes of at least 4 members (excludes halogenated alkanes) is 1. The number of anilines is 2. The number of aryl methyl sites for hydroxylation is 1. The van der Waals surface area contributed by atoms with E-state index in [1.807, 2.05) is 25.1 Å². The normalized spacial score (nSPS) is 10.4. The molecule has 0 aliphatic carbocycles. The van der Waals surface area contributed by atoms with Crippen molar-refractivity contribution in [2.24, 2.45) is 0 Å². The Kier molecular flexibility index (Phi) is 6.04. The highest BCUT2D eigenvalue weighted by molar-refractivity contribution is 9.10. The highest BCUT2D eigenvalue weighted by Gasteiger charge is 2.11. The molecule has 0 saturated heterocycles. The van der Waals surface area contributed by atoms with Crippen LogP contribution in [-0.4, -0.2) is 12.5 Å². The van der Waals surface area contributed by atoms with Gasteiger partial charge in [0.05, 0.1) is 12.3 Å². The predicted molar refractivity (Wildman–Crippen MR) is 98.1 cm³/mol. The number of hydrogen-bond donors (Lipinski definition) is 2. The fourth-order valence-electron chi connectivity index (χ4n) is 2.15. The van der Waals surface area contributed by atoms with E-state index >= 15 is 0 Å². The van der Waals surface area contributed by atoms with Gasteiger partial charge in [-0.25, -0.2) is 0 Å². The van der Waals surface area contributed by atoms with E-state index < -0.39 is 0 Å². The number of carbonyl (C=O) groups is 1. The molecule has 0 atom stereocenters. The summed E-state index contributed by atoms with van der Waals surface area (Å²) in [5, 5.41) is 2.91. The van der Waals surface area contributed by atoms with Crippen molar-refractivity contribution in [1.29, 1.82) is 0 Å². The van der Waals surface area contributed by atoms with E-state index in [-0.39, 0.29) is 5.91 Å². The van der Waals surface area contributed by atoms with Crippen LogP contribution in [0.1, 0.15) is 35.7 Å². The molecule has 3 N–H and O–H groups in total. The summed E-state index contributed by atoms with van der Waals surface area (Å²) in [6.07, 6.45) is 2.11. The van der Waals surface area contributed by atoms with E-state index in [1.54, 1.807) is 18.2 Å². The quantitative estimate of drug-likeness (QED) is 0.563. The number of ether oxygens (including phenoxy) is 1. The number of nitrogens with one attached hydrogen (secondary N) is 1. The molecule has 0 heterocycles. The lowest BCUT2D eigenvalue weighted by Gasteiger charge is -2.12. The van der Waals surface area contributed by atoms with Gasteiger partial charge in [0.15, 0.2) is 0 Å². The summed E-state index contributed by atoms with van der Waals surface area (Å²) >= 11 is 3.43. The van der Waals surface area contributed by atoms with Gasteiger partial charge in [-0.3, -0.25) is 4.79 Å². The lowest BCUT2D eigenvalue weighted by molar-refractivity contribution is 0.102. The Hall–Kier alpha value is -2.01. The van der Waals surface area contributed by atoms with Crippen molar-refractivity contribution < 1.29 is 9.53 Å². The third kappa shape index (κ3) is 4.73. The molecular weight excluding hydrogens is 356 g/mol. The molecule has 0 aliphatic heterocycles. The maximum absolute atomic E-state index is 12.4. The van der Waals surface area contributed by atoms with Crippen LogP contribution < -0.4 is 15.8 Å². The molecule has 0 aliphatic rings. The molecule has 2 aromatic rings. The molecule has 0 bridgehead atoms. The smallest absolute Gasteiger partial charge is 0.255 e. The van der Waals surface area contributed by atoms with Gasteiger partial charge in [0, 0.05) is 15.7 Å². The monoisotopic (exact) mass is 376 g/mol. The number of carbonyl (C=O) groups excluding carboxylic acids is 1. The third-order valence-electron chi connectivity index (χ3n) is 3.43. The maximum atomic E-state index is 12.4. The van der Waals surface area contributed by atoms with Gasteiger partial charge in [-0.15, -0.1) is 0 Å². The average molecular weight is 377 g/mol. The highest BCUT2D eigenvalue weighted by atomic mass is 79.9. The first-order chi connectivity index (χ1) is 11.0. The van der Waals surface area contributed by atoms with Gasteiger partial charge in [-0.2, -0.15) is 0 Å². The second kappa shape index (κ2) is 8.02. The minimum atomic E-state index is -0.168. The zero-order valence-electron chi connectivity index (χ0n) is 13.4. The van der Waals surface area contributed by atoms with Crippen LogP contribution in [0.2, 0.25) is 0 Å². The van der Waals surface area contributed by atoms with Crippen molar-refractivity contribution in [1.82, 2.24) is 0 Å². The van der Waals surface area contributed by atoms with Gasteiger partial charge >= 0.3 is 0 Å². The Morgan fingerprint density at radius 1 is 1.26 bits per heavy atom. The first-order valence-electron chi connectivity index (χ1n) is 7.61. The summed E-state index contributed by atoms with van der Waals surface area (Å²) in [6.45, 7) is 4.72. The van der Waals surface area contributed by atoms with Crippen LogP contribution in [0.15, 0.2) is 40.9 Å². The number of halogens is 1. The number of nitrogen functional groups attached to an aromatic ring is 1. The Labute approximate surface area is 145 Å². The number of amides is 1.